The van der Waals surface area contributed by atoms with Gasteiger partial charge >= 0.3 is 0 Å². The van der Waals surface area contributed by atoms with E-state index in [9.17, 15) is 4.79 Å². The fraction of sp³-hybridized carbons (Fsp3) is 0.240. The summed E-state index contributed by atoms with van der Waals surface area (Å²) in [6.45, 7) is 2.06. The Kier molecular flexibility index (Phi) is 5.66. The predicted octanol–water partition coefficient (Wildman–Crippen LogP) is 3.58. The summed E-state index contributed by atoms with van der Waals surface area (Å²) < 4.78 is 7.41. The first-order valence-electron chi connectivity index (χ1n) is 11.0. The van der Waals surface area contributed by atoms with Gasteiger partial charge in [0.15, 0.2) is 11.1 Å². The lowest BCUT2D eigenvalue weighted by Crippen LogP contribution is -2.26. The van der Waals surface area contributed by atoms with E-state index in [1.54, 1.807) is 11.7 Å². The molecule has 3 heterocycles. The highest BCUT2D eigenvalue weighted by atomic mass is 16.5. The Bertz CT molecular complexity index is 1350. The molecule has 8 heteroatoms. The minimum atomic E-state index is -0.217. The number of methoxy groups -OCH3 is 1. The Labute approximate surface area is 191 Å². The molecule has 1 aliphatic rings. The van der Waals surface area contributed by atoms with Gasteiger partial charge in [-0.15, -0.1) is 0 Å². The van der Waals surface area contributed by atoms with Gasteiger partial charge in [0.2, 0.25) is 5.95 Å². The van der Waals surface area contributed by atoms with Crippen molar-refractivity contribution >= 4 is 28.5 Å². The van der Waals surface area contributed by atoms with E-state index in [0.717, 1.165) is 43.1 Å². The summed E-state index contributed by atoms with van der Waals surface area (Å²) in [5.74, 6) is 1.91. The minimum absolute atomic E-state index is 0.217. The molecule has 4 N–H and O–H groups in total. The zero-order valence-corrected chi connectivity index (χ0v) is 18.4. The van der Waals surface area contributed by atoms with E-state index in [4.69, 9.17) is 10.5 Å². The molecular formula is C25H26N6O2. The van der Waals surface area contributed by atoms with Crippen LogP contribution < -0.4 is 26.5 Å². The number of fused-ring (bicyclic) bond motifs is 1. The SMILES string of the molecule is COc1cc(C2CCNCC2)ccc1Nc1ncc2c(=O)cc(N)n(-c3ccccc3)c2n1. The van der Waals surface area contributed by atoms with Crippen LogP contribution in [0.5, 0.6) is 5.75 Å². The Morgan fingerprint density at radius 3 is 2.67 bits per heavy atom. The van der Waals surface area contributed by atoms with Crippen LogP contribution in [0.2, 0.25) is 0 Å². The van der Waals surface area contributed by atoms with Crippen LogP contribution >= 0.6 is 0 Å². The molecule has 168 valence electrons. The second-order valence-corrected chi connectivity index (χ2v) is 8.14. The molecule has 33 heavy (non-hydrogen) atoms. The highest BCUT2D eigenvalue weighted by Crippen LogP contribution is 2.33. The van der Waals surface area contributed by atoms with Crippen LogP contribution in [0.1, 0.15) is 24.3 Å². The minimum Gasteiger partial charge on any atom is -0.495 e. The maximum Gasteiger partial charge on any atom is 0.229 e. The van der Waals surface area contributed by atoms with Crippen molar-refractivity contribution in [1.82, 2.24) is 19.9 Å². The molecule has 2 aromatic heterocycles. The fourth-order valence-corrected chi connectivity index (χ4v) is 4.37. The third-order valence-corrected chi connectivity index (χ3v) is 6.08. The monoisotopic (exact) mass is 442 g/mol. The molecule has 0 unspecified atom stereocenters. The quantitative estimate of drug-likeness (QED) is 0.434. The molecule has 0 atom stereocenters. The number of piperidine rings is 1. The van der Waals surface area contributed by atoms with Gasteiger partial charge in [-0.3, -0.25) is 9.36 Å². The third-order valence-electron chi connectivity index (χ3n) is 6.08. The summed E-state index contributed by atoms with van der Waals surface area (Å²) >= 11 is 0. The van der Waals surface area contributed by atoms with Gasteiger partial charge in [-0.1, -0.05) is 24.3 Å². The van der Waals surface area contributed by atoms with Crippen LogP contribution in [0.15, 0.2) is 65.6 Å². The first-order chi connectivity index (χ1) is 16.1. The number of ether oxygens (including phenoxy) is 1. The van der Waals surface area contributed by atoms with Gasteiger partial charge < -0.3 is 21.1 Å². The number of pyridine rings is 1. The molecule has 0 spiro atoms. The van der Waals surface area contributed by atoms with Crippen LogP contribution in [0.25, 0.3) is 16.7 Å². The zero-order chi connectivity index (χ0) is 22.8. The largest absolute Gasteiger partial charge is 0.495 e. The number of anilines is 3. The second-order valence-electron chi connectivity index (χ2n) is 8.14. The number of benzene rings is 2. The number of aromatic nitrogens is 3. The smallest absolute Gasteiger partial charge is 0.229 e. The first-order valence-corrected chi connectivity index (χ1v) is 11.0. The summed E-state index contributed by atoms with van der Waals surface area (Å²) in [7, 11) is 1.65. The van der Waals surface area contributed by atoms with Crippen LogP contribution in [0.3, 0.4) is 0 Å². The van der Waals surface area contributed by atoms with Crippen LogP contribution in [0.4, 0.5) is 17.5 Å². The van der Waals surface area contributed by atoms with Crippen molar-refractivity contribution in [2.45, 2.75) is 18.8 Å². The van der Waals surface area contributed by atoms with Crippen molar-refractivity contribution in [1.29, 1.82) is 0 Å². The average molecular weight is 443 g/mol. The fourth-order valence-electron chi connectivity index (χ4n) is 4.37. The molecule has 1 saturated heterocycles. The third kappa shape index (κ3) is 4.12. The Balaban J connectivity index is 1.54. The molecule has 1 aliphatic heterocycles. The molecule has 8 nitrogen and oxygen atoms in total. The standard InChI is InChI=1S/C25H26N6O2/c1-33-22-13-17(16-9-11-27-12-10-16)7-8-20(22)29-25-28-15-19-21(32)14-23(26)31(24(19)30-25)18-5-3-2-4-6-18/h2-8,13-16,27H,9-12,26H2,1H3,(H,28,29,30). The molecule has 4 aromatic rings. The zero-order valence-electron chi connectivity index (χ0n) is 18.4. The van der Waals surface area contributed by atoms with Crippen molar-refractivity contribution in [3.8, 4) is 11.4 Å². The number of nitrogen functional groups attached to an aromatic ring is 1. The van der Waals surface area contributed by atoms with Gasteiger partial charge in [-0.25, -0.2) is 4.98 Å². The van der Waals surface area contributed by atoms with Gasteiger partial charge in [0.25, 0.3) is 0 Å². The highest BCUT2D eigenvalue weighted by Gasteiger charge is 2.18. The number of nitrogens with two attached hydrogens (primary N) is 1. The van der Waals surface area contributed by atoms with Crippen LogP contribution in [0, 0.1) is 0 Å². The van der Waals surface area contributed by atoms with Gasteiger partial charge in [-0.05, 0) is 61.7 Å². The molecule has 0 radical (unpaired) electrons. The highest BCUT2D eigenvalue weighted by molar-refractivity contribution is 5.80. The lowest BCUT2D eigenvalue weighted by molar-refractivity contribution is 0.413. The van der Waals surface area contributed by atoms with Crippen molar-refractivity contribution < 1.29 is 4.74 Å². The van der Waals surface area contributed by atoms with Crippen LogP contribution in [-0.2, 0) is 0 Å². The first kappa shape index (κ1) is 21.0. The van der Waals surface area contributed by atoms with Crippen LogP contribution in [-0.4, -0.2) is 34.7 Å². The maximum atomic E-state index is 12.5. The van der Waals surface area contributed by atoms with E-state index < -0.39 is 0 Å². The molecule has 0 bridgehead atoms. The van der Waals surface area contributed by atoms with E-state index in [-0.39, 0.29) is 5.43 Å². The van der Waals surface area contributed by atoms with Crippen molar-refractivity contribution in [3.63, 3.8) is 0 Å². The summed E-state index contributed by atoms with van der Waals surface area (Å²) in [5.41, 5.74) is 9.27. The second kappa shape index (κ2) is 8.91. The number of nitrogens with zero attached hydrogens (tertiary/aromatic N) is 3. The Morgan fingerprint density at radius 2 is 1.91 bits per heavy atom. The van der Waals surface area contributed by atoms with E-state index >= 15 is 0 Å². The van der Waals surface area contributed by atoms with Gasteiger partial charge in [0.1, 0.15) is 11.6 Å². The Morgan fingerprint density at radius 1 is 1.12 bits per heavy atom. The molecule has 0 aliphatic carbocycles. The molecule has 2 aromatic carbocycles. The number of rotatable bonds is 5. The predicted molar refractivity (Wildman–Crippen MR) is 131 cm³/mol. The molecule has 5 rings (SSSR count). The topological polar surface area (TPSA) is 107 Å². The summed E-state index contributed by atoms with van der Waals surface area (Å²) in [6.07, 6.45) is 3.76. The molecule has 1 fully saturated rings. The summed E-state index contributed by atoms with van der Waals surface area (Å²) in [4.78, 5) is 21.6. The number of nitrogens with one attached hydrogen (secondary N) is 2. The number of para-hydroxylation sites is 1. The number of hydrogen-bond donors (Lipinski definition) is 3. The molecule has 0 amide bonds. The lowest BCUT2D eigenvalue weighted by Gasteiger charge is -2.24. The van der Waals surface area contributed by atoms with E-state index in [1.807, 2.05) is 36.4 Å². The lowest BCUT2D eigenvalue weighted by atomic mass is 9.90. The van der Waals surface area contributed by atoms with E-state index in [0.29, 0.717) is 28.7 Å². The van der Waals surface area contributed by atoms with Crippen molar-refractivity contribution in [2.24, 2.45) is 0 Å². The normalized spacial score (nSPS) is 14.3. The Hall–Kier alpha value is -3.91. The molecule has 0 saturated carbocycles. The average Bonchev–Trinajstić information content (AvgIpc) is 2.85. The number of hydrogen-bond acceptors (Lipinski definition) is 7. The van der Waals surface area contributed by atoms with Gasteiger partial charge in [-0.2, -0.15) is 4.98 Å². The molecular weight excluding hydrogens is 416 g/mol. The van der Waals surface area contributed by atoms with E-state index in [1.165, 1.54) is 17.8 Å². The van der Waals surface area contributed by atoms with E-state index in [2.05, 4.69) is 32.7 Å². The van der Waals surface area contributed by atoms with Crippen molar-refractivity contribution in [2.75, 3.05) is 31.2 Å². The van der Waals surface area contributed by atoms with Gasteiger partial charge in [0.05, 0.1) is 18.2 Å². The summed E-state index contributed by atoms with van der Waals surface area (Å²) in [5, 5.41) is 7.05. The summed E-state index contributed by atoms with van der Waals surface area (Å²) in [6, 6.07) is 17.2. The maximum absolute atomic E-state index is 12.5. The van der Waals surface area contributed by atoms with Gasteiger partial charge in [0, 0.05) is 18.0 Å². The van der Waals surface area contributed by atoms with Crippen molar-refractivity contribution in [3.05, 3.63) is 76.6 Å².